The second kappa shape index (κ2) is 8.12. The fraction of sp³-hybridized carbons (Fsp3) is 0.0690. The van der Waals surface area contributed by atoms with E-state index in [1.54, 1.807) is 5.01 Å². The molecule has 0 saturated heterocycles. The minimum absolute atomic E-state index is 0.303. The van der Waals surface area contributed by atoms with Gasteiger partial charge in [0.1, 0.15) is 0 Å². The lowest BCUT2D eigenvalue weighted by Crippen LogP contribution is -2.51. The third-order valence-electron chi connectivity index (χ3n) is 6.19. The second-order valence-corrected chi connectivity index (χ2v) is 8.24. The summed E-state index contributed by atoms with van der Waals surface area (Å²) in [5, 5.41) is 6.77. The van der Waals surface area contributed by atoms with Gasteiger partial charge in [-0.3, -0.25) is 0 Å². The van der Waals surface area contributed by atoms with Gasteiger partial charge in [0, 0.05) is 5.56 Å². The number of aliphatic imine (C=N–C) groups is 1. The molecule has 2 aliphatic heterocycles. The molecule has 0 N–H and O–H groups in total. The van der Waals surface area contributed by atoms with E-state index >= 15 is 0 Å². The first-order valence-electron chi connectivity index (χ1n) is 11.2. The van der Waals surface area contributed by atoms with Crippen LogP contribution in [0.5, 0.6) is 0 Å². The molecule has 0 fully saturated rings. The molecule has 0 aliphatic carbocycles. The number of para-hydroxylation sites is 1. The fourth-order valence-electron chi connectivity index (χ4n) is 4.65. The number of ether oxygens (including phenoxy) is 1. The van der Waals surface area contributed by atoms with Crippen molar-refractivity contribution in [3.63, 3.8) is 0 Å². The van der Waals surface area contributed by atoms with Crippen molar-refractivity contribution in [1.82, 2.24) is 0 Å². The summed E-state index contributed by atoms with van der Waals surface area (Å²) in [6, 6.07) is 39.1. The summed E-state index contributed by atoms with van der Waals surface area (Å²) >= 11 is 0. The highest BCUT2D eigenvalue weighted by molar-refractivity contribution is 6.17. The summed E-state index contributed by atoms with van der Waals surface area (Å²) in [5.41, 5.74) is 2.76. The molecule has 1 spiro atoms. The molecule has 5 heteroatoms. The topological polar surface area (TPSA) is 54.3 Å². The van der Waals surface area contributed by atoms with E-state index in [4.69, 9.17) is 14.8 Å². The van der Waals surface area contributed by atoms with Crippen molar-refractivity contribution in [2.45, 2.75) is 11.6 Å². The molecule has 4 aromatic carbocycles. The van der Waals surface area contributed by atoms with Crippen LogP contribution in [0.25, 0.3) is 0 Å². The number of esters is 1. The summed E-state index contributed by atoms with van der Waals surface area (Å²) in [4.78, 5) is 18.9. The molecule has 4 aromatic rings. The number of nitrogens with zero attached hydrogens (tertiary/aromatic N) is 3. The molecular formula is C29H21N3O2. The van der Waals surface area contributed by atoms with E-state index < -0.39 is 17.6 Å². The Bertz CT molecular complexity index is 1390. The van der Waals surface area contributed by atoms with Crippen molar-refractivity contribution in [2.24, 2.45) is 10.1 Å². The minimum Gasteiger partial charge on any atom is -0.404 e. The Kier molecular flexibility index (Phi) is 4.81. The van der Waals surface area contributed by atoms with E-state index in [1.165, 1.54) is 0 Å². The van der Waals surface area contributed by atoms with Gasteiger partial charge >= 0.3 is 5.97 Å². The van der Waals surface area contributed by atoms with E-state index in [9.17, 15) is 4.79 Å². The summed E-state index contributed by atoms with van der Waals surface area (Å²) in [6.07, 6.45) is 0. The molecule has 34 heavy (non-hydrogen) atoms. The van der Waals surface area contributed by atoms with Crippen LogP contribution in [0.2, 0.25) is 0 Å². The fourth-order valence-corrected chi connectivity index (χ4v) is 4.65. The SMILES string of the molecule is O=C1OC(c2ccccc2)=N[C@@]12[C@H](c1ccccc1)C(c1ccccc1)=NN2c1ccccc1. The van der Waals surface area contributed by atoms with Crippen molar-refractivity contribution in [1.29, 1.82) is 0 Å². The van der Waals surface area contributed by atoms with Crippen LogP contribution in [-0.2, 0) is 9.53 Å². The van der Waals surface area contributed by atoms with Gasteiger partial charge in [0.2, 0.25) is 5.90 Å². The van der Waals surface area contributed by atoms with Gasteiger partial charge in [0.15, 0.2) is 0 Å². The maximum atomic E-state index is 13.9. The van der Waals surface area contributed by atoms with Crippen LogP contribution in [0.4, 0.5) is 5.69 Å². The monoisotopic (exact) mass is 443 g/mol. The molecule has 5 nitrogen and oxygen atoms in total. The first kappa shape index (κ1) is 20.1. The van der Waals surface area contributed by atoms with Gasteiger partial charge in [0.25, 0.3) is 5.66 Å². The third-order valence-corrected chi connectivity index (χ3v) is 6.19. The Morgan fingerprint density at radius 1 is 0.676 bits per heavy atom. The maximum Gasteiger partial charge on any atom is 0.364 e. The standard InChI is InChI=1S/C29H21N3O2/c33-28-29(30-27(34-28)23-17-9-3-10-18-23)25(21-13-5-1-6-14-21)26(22-15-7-2-8-16-22)31-32(29)24-19-11-4-12-20-24/h1-20,25H/t25-,29-/m1/s1. The van der Waals surface area contributed by atoms with Gasteiger partial charge in [-0.05, 0) is 35.4 Å². The molecule has 164 valence electrons. The Hall–Kier alpha value is -4.51. The van der Waals surface area contributed by atoms with Crippen molar-refractivity contribution in [2.75, 3.05) is 5.01 Å². The van der Waals surface area contributed by atoms with Gasteiger partial charge in [-0.1, -0.05) is 97.1 Å². The predicted octanol–water partition coefficient (Wildman–Crippen LogP) is 5.39. The van der Waals surface area contributed by atoms with Gasteiger partial charge in [-0.2, -0.15) is 5.10 Å². The van der Waals surface area contributed by atoms with E-state index in [-0.39, 0.29) is 0 Å². The number of anilines is 1. The molecule has 2 aliphatic rings. The van der Waals surface area contributed by atoms with Crippen LogP contribution < -0.4 is 5.01 Å². The largest absolute Gasteiger partial charge is 0.404 e. The van der Waals surface area contributed by atoms with Gasteiger partial charge < -0.3 is 4.74 Å². The number of carbonyl (C=O) groups excluding carboxylic acids is 1. The van der Waals surface area contributed by atoms with Gasteiger partial charge in [-0.25, -0.2) is 14.8 Å². The number of benzene rings is 4. The zero-order chi connectivity index (χ0) is 23.0. The quantitative estimate of drug-likeness (QED) is 0.397. The predicted molar refractivity (Wildman–Crippen MR) is 133 cm³/mol. The number of cyclic esters (lactones) is 1. The van der Waals surface area contributed by atoms with Crippen molar-refractivity contribution < 1.29 is 9.53 Å². The molecule has 2 atom stereocenters. The van der Waals surface area contributed by atoms with E-state index in [0.717, 1.165) is 28.1 Å². The van der Waals surface area contributed by atoms with Crippen LogP contribution >= 0.6 is 0 Å². The molecule has 0 unspecified atom stereocenters. The lowest BCUT2D eigenvalue weighted by Gasteiger charge is -2.32. The molecule has 0 radical (unpaired) electrons. The van der Waals surface area contributed by atoms with Crippen LogP contribution in [0.3, 0.4) is 0 Å². The average molecular weight is 444 g/mol. The zero-order valence-corrected chi connectivity index (χ0v) is 18.3. The van der Waals surface area contributed by atoms with Crippen molar-refractivity contribution >= 4 is 23.3 Å². The first-order chi connectivity index (χ1) is 16.8. The minimum atomic E-state index is -1.40. The smallest absolute Gasteiger partial charge is 0.364 e. The Labute approximate surface area is 197 Å². The highest BCUT2D eigenvalue weighted by Gasteiger charge is 2.63. The number of hydrogen-bond acceptors (Lipinski definition) is 5. The lowest BCUT2D eigenvalue weighted by atomic mass is 9.80. The number of hydrazone groups is 1. The first-order valence-corrected chi connectivity index (χ1v) is 11.2. The van der Waals surface area contributed by atoms with E-state index in [2.05, 4.69) is 0 Å². The van der Waals surface area contributed by atoms with Crippen LogP contribution in [0, 0.1) is 0 Å². The average Bonchev–Trinajstić information content (AvgIpc) is 3.44. The number of hydrogen-bond donors (Lipinski definition) is 0. The maximum absolute atomic E-state index is 13.9. The van der Waals surface area contributed by atoms with Crippen molar-refractivity contribution in [3.8, 4) is 0 Å². The van der Waals surface area contributed by atoms with E-state index in [1.807, 2.05) is 121 Å². The summed E-state index contributed by atoms with van der Waals surface area (Å²) in [5.74, 6) is -0.610. The Morgan fingerprint density at radius 3 is 1.82 bits per heavy atom. The molecular weight excluding hydrogens is 422 g/mol. The van der Waals surface area contributed by atoms with Crippen LogP contribution in [0.15, 0.2) is 131 Å². The molecule has 6 rings (SSSR count). The van der Waals surface area contributed by atoms with Crippen LogP contribution in [0.1, 0.15) is 22.6 Å². The van der Waals surface area contributed by atoms with E-state index in [0.29, 0.717) is 5.90 Å². The van der Waals surface area contributed by atoms with Gasteiger partial charge in [-0.15, -0.1) is 0 Å². The summed E-state index contributed by atoms with van der Waals surface area (Å²) in [7, 11) is 0. The highest BCUT2D eigenvalue weighted by Crippen LogP contribution is 2.48. The Balaban J connectivity index is 1.62. The molecule has 0 aromatic heterocycles. The molecule has 0 bridgehead atoms. The normalized spacial score (nSPS) is 21.4. The summed E-state index contributed by atoms with van der Waals surface area (Å²) in [6.45, 7) is 0. The molecule has 0 saturated carbocycles. The Morgan fingerprint density at radius 2 is 1.21 bits per heavy atom. The summed E-state index contributed by atoms with van der Waals surface area (Å²) < 4.78 is 5.87. The lowest BCUT2D eigenvalue weighted by molar-refractivity contribution is -0.139. The molecule has 0 amide bonds. The van der Waals surface area contributed by atoms with Gasteiger partial charge in [0.05, 0.1) is 17.3 Å². The third kappa shape index (κ3) is 3.13. The number of rotatable bonds is 4. The second-order valence-electron chi connectivity index (χ2n) is 8.24. The van der Waals surface area contributed by atoms with Crippen LogP contribution in [-0.4, -0.2) is 23.2 Å². The zero-order valence-electron chi connectivity index (χ0n) is 18.3. The van der Waals surface area contributed by atoms with Crippen molar-refractivity contribution in [3.05, 3.63) is 138 Å². The molecule has 2 heterocycles. The number of carbonyl (C=O) groups is 1. The highest BCUT2D eigenvalue weighted by atomic mass is 16.6.